The number of fused-ring (bicyclic) bond motifs is 1. The molecule has 0 aromatic carbocycles. The molecule has 8 nitrogen and oxygen atoms in total. The predicted molar refractivity (Wildman–Crippen MR) is 121 cm³/mol. The molecule has 1 aliphatic heterocycles. The van der Waals surface area contributed by atoms with E-state index in [9.17, 15) is 27.9 Å². The Morgan fingerprint density at radius 1 is 1.24 bits per heavy atom. The Morgan fingerprint density at radius 3 is 2.42 bits per heavy atom. The summed E-state index contributed by atoms with van der Waals surface area (Å²) < 4.78 is 41.2. The fourth-order valence-electron chi connectivity index (χ4n) is 3.65. The number of piperazine rings is 1. The van der Waals surface area contributed by atoms with Gasteiger partial charge in [0.2, 0.25) is 5.91 Å². The number of aliphatic hydroxyl groups is 1. The summed E-state index contributed by atoms with van der Waals surface area (Å²) in [5.74, 6) is -0.569. The van der Waals surface area contributed by atoms with Gasteiger partial charge >= 0.3 is 6.18 Å². The van der Waals surface area contributed by atoms with Crippen molar-refractivity contribution in [3.8, 4) is 0 Å². The molecule has 1 unspecified atom stereocenters. The van der Waals surface area contributed by atoms with Crippen LogP contribution in [0.5, 0.6) is 0 Å². The van der Waals surface area contributed by atoms with Gasteiger partial charge in [0.05, 0.1) is 39.5 Å². The fraction of sp³-hybridized carbons (Fsp3) is 0.571. The maximum absolute atomic E-state index is 13.8. The van der Waals surface area contributed by atoms with Crippen molar-refractivity contribution in [1.82, 2.24) is 20.5 Å². The summed E-state index contributed by atoms with van der Waals surface area (Å²) in [7, 11) is 1.42. The SMILES string of the molecule is CNC(=O)c1csc2c(C(F)(F)F)cc(N3CCN(C(C)C(=O)NC(C)(C)CO)CC3)nc12. The molecule has 1 saturated heterocycles. The van der Waals surface area contributed by atoms with Gasteiger partial charge in [-0.15, -0.1) is 11.3 Å². The Labute approximate surface area is 193 Å². The molecule has 1 atom stereocenters. The van der Waals surface area contributed by atoms with Crippen molar-refractivity contribution in [2.75, 3.05) is 44.7 Å². The van der Waals surface area contributed by atoms with Crippen LogP contribution in [-0.4, -0.2) is 78.2 Å². The summed E-state index contributed by atoms with van der Waals surface area (Å²) in [6.45, 7) is 6.62. The minimum absolute atomic E-state index is 0.0329. The number of halogens is 3. The molecule has 0 saturated carbocycles. The molecule has 0 spiro atoms. The van der Waals surface area contributed by atoms with Crippen LogP contribution in [0.15, 0.2) is 11.4 Å². The van der Waals surface area contributed by atoms with Gasteiger partial charge in [-0.3, -0.25) is 14.5 Å². The highest BCUT2D eigenvalue weighted by atomic mass is 32.1. The van der Waals surface area contributed by atoms with Crippen LogP contribution < -0.4 is 15.5 Å². The number of carbonyl (C=O) groups excluding carboxylic acids is 2. The summed E-state index contributed by atoms with van der Waals surface area (Å²) in [4.78, 5) is 32.7. The van der Waals surface area contributed by atoms with Gasteiger partial charge in [-0.2, -0.15) is 13.2 Å². The first kappa shape index (κ1) is 25.2. The van der Waals surface area contributed by atoms with E-state index >= 15 is 0 Å². The quantitative estimate of drug-likeness (QED) is 0.577. The van der Waals surface area contributed by atoms with Gasteiger partial charge in [0.25, 0.3) is 5.91 Å². The highest BCUT2D eigenvalue weighted by molar-refractivity contribution is 7.17. The maximum atomic E-state index is 13.8. The smallest absolute Gasteiger partial charge is 0.394 e. The molecule has 3 rings (SSSR count). The first-order valence-corrected chi connectivity index (χ1v) is 11.4. The topological polar surface area (TPSA) is 97.8 Å². The number of aliphatic hydroxyl groups excluding tert-OH is 1. The van der Waals surface area contributed by atoms with Crippen molar-refractivity contribution in [3.05, 3.63) is 22.6 Å². The lowest BCUT2D eigenvalue weighted by molar-refractivity contribution is -0.136. The van der Waals surface area contributed by atoms with Gasteiger partial charge < -0.3 is 20.6 Å². The minimum atomic E-state index is -4.59. The van der Waals surface area contributed by atoms with E-state index in [0.29, 0.717) is 26.2 Å². The van der Waals surface area contributed by atoms with Crippen LogP contribution in [0.1, 0.15) is 36.7 Å². The van der Waals surface area contributed by atoms with Crippen LogP contribution in [0.4, 0.5) is 19.0 Å². The zero-order valence-electron chi connectivity index (χ0n) is 18.9. The number of pyridine rings is 1. The number of anilines is 1. The van der Waals surface area contributed by atoms with Gasteiger partial charge in [-0.25, -0.2) is 4.98 Å². The van der Waals surface area contributed by atoms with Gasteiger partial charge in [0.1, 0.15) is 5.82 Å². The Morgan fingerprint density at radius 2 is 1.88 bits per heavy atom. The first-order valence-electron chi connectivity index (χ1n) is 10.5. The monoisotopic (exact) mass is 487 g/mol. The molecule has 3 N–H and O–H groups in total. The maximum Gasteiger partial charge on any atom is 0.417 e. The van der Waals surface area contributed by atoms with E-state index in [1.807, 2.05) is 4.90 Å². The van der Waals surface area contributed by atoms with Crippen molar-refractivity contribution < 1.29 is 27.9 Å². The molecule has 182 valence electrons. The number of rotatable bonds is 6. The van der Waals surface area contributed by atoms with Crippen molar-refractivity contribution in [2.45, 2.75) is 38.5 Å². The van der Waals surface area contributed by atoms with E-state index in [1.165, 1.54) is 12.4 Å². The predicted octanol–water partition coefficient (Wildman–Crippen LogP) is 2.07. The number of hydrogen-bond donors (Lipinski definition) is 3. The zero-order valence-corrected chi connectivity index (χ0v) is 19.7. The number of thiophene rings is 1. The molecule has 3 heterocycles. The van der Waals surface area contributed by atoms with Gasteiger partial charge in [-0.05, 0) is 26.8 Å². The Kier molecular flexibility index (Phi) is 7.20. The van der Waals surface area contributed by atoms with Crippen LogP contribution in [0.3, 0.4) is 0 Å². The zero-order chi connectivity index (χ0) is 24.6. The molecule has 0 radical (unpaired) electrons. The summed E-state index contributed by atoms with van der Waals surface area (Å²) in [5.41, 5.74) is -1.42. The summed E-state index contributed by atoms with van der Waals surface area (Å²) in [6, 6.07) is 0.568. The van der Waals surface area contributed by atoms with Crippen molar-refractivity contribution in [3.63, 3.8) is 0 Å². The average Bonchev–Trinajstić information content (AvgIpc) is 3.20. The Balaban J connectivity index is 1.82. The van der Waals surface area contributed by atoms with Gasteiger partial charge in [0, 0.05) is 38.6 Å². The molecule has 1 fully saturated rings. The summed E-state index contributed by atoms with van der Waals surface area (Å²) in [6.07, 6.45) is -4.59. The highest BCUT2D eigenvalue weighted by Crippen LogP contribution is 2.40. The number of hydrogen-bond acceptors (Lipinski definition) is 7. The molecule has 2 amide bonds. The van der Waals surface area contributed by atoms with E-state index < -0.39 is 29.2 Å². The van der Waals surface area contributed by atoms with Crippen molar-refractivity contribution >= 4 is 39.2 Å². The lowest BCUT2D eigenvalue weighted by Gasteiger charge is -2.39. The third-order valence-corrected chi connectivity index (χ3v) is 6.71. The summed E-state index contributed by atoms with van der Waals surface area (Å²) >= 11 is 0.848. The van der Waals surface area contributed by atoms with Crippen LogP contribution in [0.2, 0.25) is 0 Å². The van der Waals surface area contributed by atoms with Gasteiger partial charge in [-0.1, -0.05) is 0 Å². The normalized spacial score (nSPS) is 16.7. The Bertz CT molecular complexity index is 1030. The molecular formula is C21H28F3N5O3S. The molecule has 2 aromatic heterocycles. The third-order valence-electron chi connectivity index (χ3n) is 5.71. The Hall–Kier alpha value is -2.44. The van der Waals surface area contributed by atoms with E-state index in [1.54, 1.807) is 25.7 Å². The van der Waals surface area contributed by atoms with Crippen LogP contribution in [-0.2, 0) is 11.0 Å². The van der Waals surface area contributed by atoms with Crippen molar-refractivity contribution in [2.24, 2.45) is 0 Å². The average molecular weight is 488 g/mol. The number of nitrogens with one attached hydrogen (secondary N) is 2. The van der Waals surface area contributed by atoms with E-state index in [2.05, 4.69) is 15.6 Å². The molecule has 0 bridgehead atoms. The number of amides is 2. The molecule has 12 heteroatoms. The lowest BCUT2D eigenvalue weighted by atomic mass is 10.1. The largest absolute Gasteiger partial charge is 0.417 e. The second-order valence-electron chi connectivity index (χ2n) is 8.66. The molecule has 33 heavy (non-hydrogen) atoms. The number of nitrogens with zero attached hydrogens (tertiary/aromatic N) is 3. The van der Waals surface area contributed by atoms with E-state index in [0.717, 1.165) is 17.4 Å². The number of alkyl halides is 3. The summed E-state index contributed by atoms with van der Waals surface area (Å²) in [5, 5.41) is 16.0. The fourth-order valence-corrected chi connectivity index (χ4v) is 4.67. The van der Waals surface area contributed by atoms with E-state index in [4.69, 9.17) is 0 Å². The molecule has 1 aliphatic rings. The molecule has 2 aromatic rings. The number of carbonyl (C=O) groups is 2. The van der Waals surface area contributed by atoms with E-state index in [-0.39, 0.29) is 34.1 Å². The van der Waals surface area contributed by atoms with Gasteiger partial charge in [0.15, 0.2) is 0 Å². The standard InChI is InChI=1S/C21H28F3N5O3S/c1-12(18(31)27-20(2,3)11-30)28-5-7-29(8-6-28)15-9-14(21(22,23)24)17-16(26-15)13(10-33-17)19(32)25-4/h9-10,12,30H,5-8,11H2,1-4H3,(H,25,32)(H,27,31). The second-order valence-corrected chi connectivity index (χ2v) is 9.54. The van der Waals surface area contributed by atoms with Crippen LogP contribution in [0, 0.1) is 0 Å². The third kappa shape index (κ3) is 5.39. The second kappa shape index (κ2) is 9.43. The van der Waals surface area contributed by atoms with Crippen molar-refractivity contribution in [1.29, 1.82) is 0 Å². The minimum Gasteiger partial charge on any atom is -0.394 e. The first-order chi connectivity index (χ1) is 15.4. The molecular weight excluding hydrogens is 459 g/mol. The highest BCUT2D eigenvalue weighted by Gasteiger charge is 2.36. The van der Waals surface area contributed by atoms with Crippen LogP contribution >= 0.6 is 11.3 Å². The lowest BCUT2D eigenvalue weighted by Crippen LogP contribution is -2.57. The number of aromatic nitrogens is 1. The molecule has 0 aliphatic carbocycles. The van der Waals surface area contributed by atoms with Crippen LogP contribution in [0.25, 0.3) is 10.2 Å².